The number of hydrogen-bond acceptors (Lipinski definition) is 3. The number of carbonyl (C=O) groups excluding carboxylic acids is 1. The Morgan fingerprint density at radius 3 is 2.91 bits per heavy atom. The number of nitrogens with one attached hydrogen (secondary N) is 1. The molecule has 3 aromatic rings. The van der Waals surface area contributed by atoms with Crippen LogP contribution in [0.4, 0.5) is 0 Å². The van der Waals surface area contributed by atoms with E-state index < -0.39 is 0 Å². The highest BCUT2D eigenvalue weighted by Crippen LogP contribution is 2.28. The molecular weight excluding hydrogens is 290 g/mol. The summed E-state index contributed by atoms with van der Waals surface area (Å²) in [6.07, 6.45) is 3.96. The Labute approximate surface area is 135 Å². The second-order valence-corrected chi connectivity index (χ2v) is 5.46. The number of esters is 1. The number of unbranched alkanes of at least 4 members (excludes halogenated alkanes) is 1. The molecular formula is C18H21N3O2. The van der Waals surface area contributed by atoms with E-state index in [4.69, 9.17) is 4.74 Å². The highest BCUT2D eigenvalue weighted by Gasteiger charge is 2.18. The Hall–Kier alpha value is -2.56. The number of H-pyrrole nitrogens is 1. The van der Waals surface area contributed by atoms with Crippen molar-refractivity contribution < 1.29 is 9.53 Å². The fourth-order valence-corrected chi connectivity index (χ4v) is 2.68. The van der Waals surface area contributed by atoms with Crippen molar-refractivity contribution in [3.05, 3.63) is 42.2 Å². The van der Waals surface area contributed by atoms with Crippen LogP contribution in [0.2, 0.25) is 0 Å². The SMILES string of the molecule is CCCCn1nc(-c2c[nH]c3ccccc23)cc1C(=O)OCC. The first kappa shape index (κ1) is 15.3. The van der Waals surface area contributed by atoms with Gasteiger partial charge in [0.1, 0.15) is 5.69 Å². The second-order valence-electron chi connectivity index (χ2n) is 5.46. The van der Waals surface area contributed by atoms with Gasteiger partial charge in [0.25, 0.3) is 0 Å². The van der Waals surface area contributed by atoms with Crippen molar-refractivity contribution in [2.24, 2.45) is 0 Å². The lowest BCUT2D eigenvalue weighted by Crippen LogP contribution is -2.13. The molecule has 0 aliphatic heterocycles. The molecule has 0 aliphatic rings. The van der Waals surface area contributed by atoms with Crippen LogP contribution in [0.1, 0.15) is 37.2 Å². The van der Waals surface area contributed by atoms with Crippen LogP contribution in [0.3, 0.4) is 0 Å². The third-order valence-corrected chi connectivity index (χ3v) is 3.85. The number of hydrogen-bond donors (Lipinski definition) is 1. The Morgan fingerprint density at radius 1 is 1.30 bits per heavy atom. The number of rotatable bonds is 6. The smallest absolute Gasteiger partial charge is 0.356 e. The largest absolute Gasteiger partial charge is 0.461 e. The summed E-state index contributed by atoms with van der Waals surface area (Å²) < 4.78 is 6.92. The zero-order valence-electron chi connectivity index (χ0n) is 13.5. The molecule has 0 bridgehead atoms. The summed E-state index contributed by atoms with van der Waals surface area (Å²) in [4.78, 5) is 15.4. The molecule has 1 aromatic carbocycles. The number of para-hydroxylation sites is 1. The van der Waals surface area contributed by atoms with Gasteiger partial charge < -0.3 is 9.72 Å². The lowest BCUT2D eigenvalue weighted by atomic mass is 10.1. The van der Waals surface area contributed by atoms with Crippen LogP contribution in [-0.2, 0) is 11.3 Å². The first-order valence-electron chi connectivity index (χ1n) is 8.06. The number of fused-ring (bicyclic) bond motifs is 1. The number of nitrogens with zero attached hydrogens (tertiary/aromatic N) is 2. The molecule has 0 saturated carbocycles. The van der Waals surface area contributed by atoms with E-state index in [0.717, 1.165) is 35.0 Å². The summed E-state index contributed by atoms with van der Waals surface area (Å²) >= 11 is 0. The van der Waals surface area contributed by atoms with Crippen LogP contribution in [0, 0.1) is 0 Å². The van der Waals surface area contributed by atoms with Gasteiger partial charge in [-0.1, -0.05) is 31.5 Å². The standard InChI is InChI=1S/C18H21N3O2/c1-3-5-10-21-17(18(22)23-4-2)11-16(20-21)14-12-19-15-9-7-6-8-13(14)15/h6-9,11-12,19H,3-5,10H2,1-2H3. The number of aromatic nitrogens is 3. The number of aryl methyl sites for hydroxylation is 1. The monoisotopic (exact) mass is 311 g/mol. The normalized spacial score (nSPS) is 11.0. The Kier molecular flexibility index (Phi) is 4.46. The maximum absolute atomic E-state index is 12.2. The molecule has 0 saturated heterocycles. The van der Waals surface area contributed by atoms with Crippen LogP contribution < -0.4 is 0 Å². The topological polar surface area (TPSA) is 59.9 Å². The van der Waals surface area contributed by atoms with Crippen LogP contribution in [0.15, 0.2) is 36.5 Å². The third kappa shape index (κ3) is 2.99. The van der Waals surface area contributed by atoms with Crippen LogP contribution >= 0.6 is 0 Å². The molecule has 1 N–H and O–H groups in total. The molecule has 0 spiro atoms. The maximum atomic E-state index is 12.2. The zero-order chi connectivity index (χ0) is 16.2. The molecule has 0 aliphatic carbocycles. The fourth-order valence-electron chi connectivity index (χ4n) is 2.68. The predicted octanol–water partition coefficient (Wildman–Crippen LogP) is 4.01. The summed E-state index contributed by atoms with van der Waals surface area (Å²) in [6.45, 7) is 5.01. The Morgan fingerprint density at radius 2 is 2.13 bits per heavy atom. The van der Waals surface area contributed by atoms with Crippen LogP contribution in [-0.4, -0.2) is 27.3 Å². The van der Waals surface area contributed by atoms with Crippen molar-refractivity contribution in [1.29, 1.82) is 0 Å². The van der Waals surface area contributed by atoms with Gasteiger partial charge >= 0.3 is 5.97 Å². The molecule has 5 nitrogen and oxygen atoms in total. The lowest BCUT2D eigenvalue weighted by molar-refractivity contribution is 0.0511. The van der Waals surface area contributed by atoms with E-state index in [1.807, 2.05) is 37.4 Å². The molecule has 120 valence electrons. The van der Waals surface area contributed by atoms with Gasteiger partial charge in [0.05, 0.1) is 12.3 Å². The Bertz CT molecular complexity index is 817. The van der Waals surface area contributed by atoms with Crippen LogP contribution in [0.5, 0.6) is 0 Å². The molecule has 2 heterocycles. The zero-order valence-corrected chi connectivity index (χ0v) is 13.5. The van der Waals surface area contributed by atoms with Gasteiger partial charge in [-0.15, -0.1) is 0 Å². The minimum Gasteiger partial charge on any atom is -0.461 e. The van der Waals surface area contributed by atoms with Gasteiger partial charge in [-0.25, -0.2) is 4.79 Å². The minimum atomic E-state index is -0.317. The fraction of sp³-hybridized carbons (Fsp3) is 0.333. The van der Waals surface area contributed by atoms with E-state index in [-0.39, 0.29) is 5.97 Å². The van der Waals surface area contributed by atoms with Gasteiger partial charge in [0.2, 0.25) is 0 Å². The molecule has 2 aromatic heterocycles. The molecule has 0 atom stereocenters. The molecule has 5 heteroatoms. The summed E-state index contributed by atoms with van der Waals surface area (Å²) in [7, 11) is 0. The molecule has 3 rings (SSSR count). The van der Waals surface area contributed by atoms with E-state index in [1.54, 1.807) is 4.68 Å². The van der Waals surface area contributed by atoms with Gasteiger partial charge in [-0.3, -0.25) is 4.68 Å². The number of benzene rings is 1. The third-order valence-electron chi connectivity index (χ3n) is 3.85. The predicted molar refractivity (Wildman–Crippen MR) is 90.4 cm³/mol. The summed E-state index contributed by atoms with van der Waals surface area (Å²) in [5.41, 5.74) is 3.37. The van der Waals surface area contributed by atoms with Crippen molar-refractivity contribution in [1.82, 2.24) is 14.8 Å². The molecule has 0 amide bonds. The molecule has 0 radical (unpaired) electrons. The van der Waals surface area contributed by atoms with Gasteiger partial charge in [-0.2, -0.15) is 5.10 Å². The molecule has 0 unspecified atom stereocenters. The van der Waals surface area contributed by atoms with Crippen LogP contribution in [0.25, 0.3) is 22.2 Å². The second kappa shape index (κ2) is 6.69. The van der Waals surface area contributed by atoms with Crippen molar-refractivity contribution >= 4 is 16.9 Å². The van der Waals surface area contributed by atoms with Crippen molar-refractivity contribution in [3.63, 3.8) is 0 Å². The quantitative estimate of drug-likeness (QED) is 0.700. The van der Waals surface area contributed by atoms with Gasteiger partial charge in [0, 0.05) is 29.2 Å². The molecule has 23 heavy (non-hydrogen) atoms. The van der Waals surface area contributed by atoms with Crippen molar-refractivity contribution in [3.8, 4) is 11.3 Å². The van der Waals surface area contributed by atoms with E-state index in [9.17, 15) is 4.79 Å². The average Bonchev–Trinajstić information content (AvgIpc) is 3.17. The van der Waals surface area contributed by atoms with E-state index in [1.165, 1.54) is 0 Å². The number of ether oxygens (including phenoxy) is 1. The van der Waals surface area contributed by atoms with Gasteiger partial charge in [0.15, 0.2) is 0 Å². The van der Waals surface area contributed by atoms with E-state index >= 15 is 0 Å². The maximum Gasteiger partial charge on any atom is 0.356 e. The minimum absolute atomic E-state index is 0.317. The van der Waals surface area contributed by atoms with E-state index in [2.05, 4.69) is 23.1 Å². The summed E-state index contributed by atoms with van der Waals surface area (Å²) in [5.74, 6) is -0.317. The summed E-state index contributed by atoms with van der Waals surface area (Å²) in [5, 5.41) is 5.74. The first-order chi connectivity index (χ1) is 11.2. The lowest BCUT2D eigenvalue weighted by Gasteiger charge is -2.05. The highest BCUT2D eigenvalue weighted by atomic mass is 16.5. The number of carbonyl (C=O) groups is 1. The number of aromatic amines is 1. The van der Waals surface area contributed by atoms with E-state index in [0.29, 0.717) is 18.8 Å². The van der Waals surface area contributed by atoms with Gasteiger partial charge in [-0.05, 0) is 25.5 Å². The Balaban J connectivity index is 2.04. The first-order valence-corrected chi connectivity index (χ1v) is 8.06. The van der Waals surface area contributed by atoms with Crippen molar-refractivity contribution in [2.45, 2.75) is 33.2 Å². The molecule has 0 fully saturated rings. The summed E-state index contributed by atoms with van der Waals surface area (Å²) in [6, 6.07) is 9.89. The van der Waals surface area contributed by atoms with Crippen molar-refractivity contribution in [2.75, 3.05) is 6.61 Å². The average molecular weight is 311 g/mol. The highest BCUT2D eigenvalue weighted by molar-refractivity contribution is 5.96.